The second-order valence-corrected chi connectivity index (χ2v) is 5.42. The molecular weight excluding hydrogens is 324 g/mol. The smallest absolute Gasteiger partial charge is 0.349 e. The van der Waals surface area contributed by atoms with E-state index in [9.17, 15) is 19.2 Å². The maximum absolute atomic E-state index is 12.3. The Labute approximate surface area is 140 Å². The highest BCUT2D eigenvalue weighted by molar-refractivity contribution is 6.21. The highest BCUT2D eigenvalue weighted by atomic mass is 16.7. The average molecular weight is 334 g/mol. The molecule has 1 N–H and O–H groups in total. The summed E-state index contributed by atoms with van der Waals surface area (Å²) in [6, 6.07) is 13.9. The monoisotopic (exact) mass is 334 g/mol. The van der Waals surface area contributed by atoms with E-state index in [1.165, 1.54) is 12.1 Å². The Morgan fingerprint density at radius 1 is 0.880 bits per heavy atom. The van der Waals surface area contributed by atoms with Gasteiger partial charge in [-0.3, -0.25) is 14.4 Å². The first kappa shape index (κ1) is 14.8. The molecule has 0 radical (unpaired) electrons. The van der Waals surface area contributed by atoms with Gasteiger partial charge in [0.15, 0.2) is 5.43 Å². The van der Waals surface area contributed by atoms with Gasteiger partial charge in [-0.1, -0.05) is 29.3 Å². The lowest BCUT2D eigenvalue weighted by Crippen LogP contribution is -2.33. The van der Waals surface area contributed by atoms with Crippen molar-refractivity contribution in [2.24, 2.45) is 0 Å². The van der Waals surface area contributed by atoms with Gasteiger partial charge in [0.2, 0.25) is 0 Å². The number of hydroxylamine groups is 2. The number of imide groups is 1. The van der Waals surface area contributed by atoms with Gasteiger partial charge in [0.25, 0.3) is 11.8 Å². The number of fused-ring (bicyclic) bond motifs is 2. The van der Waals surface area contributed by atoms with E-state index in [2.05, 4.69) is 4.98 Å². The highest BCUT2D eigenvalue weighted by Gasteiger charge is 2.38. The molecule has 2 heterocycles. The molecule has 0 bridgehead atoms. The van der Waals surface area contributed by atoms with Gasteiger partial charge >= 0.3 is 5.97 Å². The second kappa shape index (κ2) is 5.41. The van der Waals surface area contributed by atoms with Crippen LogP contribution in [-0.2, 0) is 4.84 Å². The molecule has 0 fully saturated rings. The zero-order valence-corrected chi connectivity index (χ0v) is 12.7. The third kappa shape index (κ3) is 2.29. The van der Waals surface area contributed by atoms with Crippen molar-refractivity contribution >= 4 is 28.7 Å². The summed E-state index contributed by atoms with van der Waals surface area (Å²) < 4.78 is 0. The number of carbonyl (C=O) groups is 3. The molecule has 1 aliphatic rings. The summed E-state index contributed by atoms with van der Waals surface area (Å²) >= 11 is 0. The van der Waals surface area contributed by atoms with Crippen molar-refractivity contribution in [2.45, 2.75) is 0 Å². The number of hydrogen-bond donors (Lipinski definition) is 1. The molecule has 2 amide bonds. The van der Waals surface area contributed by atoms with Crippen LogP contribution in [-0.4, -0.2) is 27.8 Å². The molecular formula is C18H10N2O5. The van der Waals surface area contributed by atoms with Crippen molar-refractivity contribution in [1.29, 1.82) is 0 Å². The van der Waals surface area contributed by atoms with E-state index in [0.717, 1.165) is 6.07 Å². The fourth-order valence-electron chi connectivity index (χ4n) is 2.69. The molecule has 1 aliphatic heterocycles. The number of pyridine rings is 1. The number of aromatic amines is 1. The van der Waals surface area contributed by atoms with Crippen LogP contribution in [0.15, 0.2) is 59.4 Å². The summed E-state index contributed by atoms with van der Waals surface area (Å²) in [5, 5.41) is 0.820. The maximum Gasteiger partial charge on any atom is 0.380 e. The molecule has 2 aromatic carbocycles. The number of benzene rings is 2. The van der Waals surface area contributed by atoms with E-state index in [4.69, 9.17) is 4.84 Å². The quantitative estimate of drug-likeness (QED) is 0.722. The predicted molar refractivity (Wildman–Crippen MR) is 86.9 cm³/mol. The predicted octanol–water partition coefficient (Wildman–Crippen LogP) is 1.90. The third-order valence-electron chi connectivity index (χ3n) is 3.89. The lowest BCUT2D eigenvalue weighted by Gasteiger charge is -2.12. The first-order valence-electron chi connectivity index (χ1n) is 7.38. The molecule has 0 aliphatic carbocycles. The summed E-state index contributed by atoms with van der Waals surface area (Å²) in [6.45, 7) is 0. The number of nitrogens with zero attached hydrogens (tertiary/aromatic N) is 1. The lowest BCUT2D eigenvalue weighted by atomic mass is 10.1. The van der Waals surface area contributed by atoms with Gasteiger partial charge in [-0.05, 0) is 24.3 Å². The van der Waals surface area contributed by atoms with E-state index >= 15 is 0 Å². The summed E-state index contributed by atoms with van der Waals surface area (Å²) in [4.78, 5) is 56.5. The van der Waals surface area contributed by atoms with Crippen LogP contribution in [0.5, 0.6) is 0 Å². The fourth-order valence-corrected chi connectivity index (χ4v) is 2.69. The van der Waals surface area contributed by atoms with E-state index in [1.807, 2.05) is 0 Å². The van der Waals surface area contributed by atoms with Crippen molar-refractivity contribution in [2.75, 3.05) is 0 Å². The van der Waals surface area contributed by atoms with Crippen LogP contribution < -0.4 is 5.43 Å². The van der Waals surface area contributed by atoms with Crippen molar-refractivity contribution in [3.63, 3.8) is 0 Å². The van der Waals surface area contributed by atoms with Gasteiger partial charge in [0.05, 0.1) is 11.1 Å². The number of hydrogen-bond acceptors (Lipinski definition) is 5. The van der Waals surface area contributed by atoms with Crippen LogP contribution in [0.2, 0.25) is 0 Å². The summed E-state index contributed by atoms with van der Waals surface area (Å²) in [6.07, 6.45) is 0. The first-order chi connectivity index (χ1) is 12.1. The van der Waals surface area contributed by atoms with Crippen LogP contribution in [0.4, 0.5) is 0 Å². The Bertz CT molecular complexity index is 1080. The van der Waals surface area contributed by atoms with Crippen LogP contribution in [0, 0.1) is 0 Å². The van der Waals surface area contributed by atoms with Gasteiger partial charge in [0, 0.05) is 17.0 Å². The summed E-state index contributed by atoms with van der Waals surface area (Å²) in [7, 11) is 0. The van der Waals surface area contributed by atoms with E-state index in [-0.39, 0.29) is 22.2 Å². The van der Waals surface area contributed by atoms with Crippen LogP contribution >= 0.6 is 0 Å². The summed E-state index contributed by atoms with van der Waals surface area (Å²) in [5.74, 6) is -2.45. The Hall–Kier alpha value is -3.74. The van der Waals surface area contributed by atoms with Crippen molar-refractivity contribution in [3.8, 4) is 0 Å². The van der Waals surface area contributed by atoms with E-state index < -0.39 is 17.8 Å². The molecule has 0 spiro atoms. The minimum atomic E-state index is -1.00. The molecule has 1 aromatic heterocycles. The fraction of sp³-hybridized carbons (Fsp3) is 0. The van der Waals surface area contributed by atoms with Crippen molar-refractivity contribution in [3.05, 3.63) is 81.6 Å². The molecule has 0 atom stereocenters. The maximum atomic E-state index is 12.3. The summed E-state index contributed by atoms with van der Waals surface area (Å²) in [5.41, 5.74) is 0.243. The molecule has 0 unspecified atom stereocenters. The SMILES string of the molecule is O=C(ON1C(=O)c2ccccc2C1=O)c1cc(=O)c2ccccc2[nH]1. The lowest BCUT2D eigenvalue weighted by molar-refractivity contribution is -0.0588. The molecule has 7 heteroatoms. The van der Waals surface area contributed by atoms with Crippen LogP contribution in [0.1, 0.15) is 31.2 Å². The number of H-pyrrole nitrogens is 1. The van der Waals surface area contributed by atoms with Crippen molar-refractivity contribution < 1.29 is 19.2 Å². The Morgan fingerprint density at radius 3 is 2.16 bits per heavy atom. The number of amides is 2. The number of rotatable bonds is 2. The third-order valence-corrected chi connectivity index (χ3v) is 3.89. The van der Waals surface area contributed by atoms with Gasteiger partial charge in [0.1, 0.15) is 5.69 Å². The molecule has 0 saturated heterocycles. The number of aromatic nitrogens is 1. The number of carbonyl (C=O) groups excluding carboxylic acids is 3. The zero-order chi connectivity index (χ0) is 17.6. The van der Waals surface area contributed by atoms with Gasteiger partial charge < -0.3 is 9.82 Å². The van der Waals surface area contributed by atoms with E-state index in [1.54, 1.807) is 36.4 Å². The molecule has 3 aromatic rings. The second-order valence-electron chi connectivity index (χ2n) is 5.42. The minimum absolute atomic E-state index is 0.153. The van der Waals surface area contributed by atoms with Gasteiger partial charge in [-0.2, -0.15) is 0 Å². The molecule has 25 heavy (non-hydrogen) atoms. The van der Waals surface area contributed by atoms with Crippen LogP contribution in [0.3, 0.4) is 0 Å². The highest BCUT2D eigenvalue weighted by Crippen LogP contribution is 2.23. The number of para-hydroxylation sites is 1. The van der Waals surface area contributed by atoms with E-state index in [0.29, 0.717) is 16.0 Å². The Balaban J connectivity index is 1.67. The standard InChI is InChI=1S/C18H10N2O5/c21-15-9-14(19-13-8-4-3-7-12(13)15)18(24)25-20-16(22)10-5-1-2-6-11(10)17(20)23/h1-9H,(H,19,21). The molecule has 4 rings (SSSR count). The molecule has 0 saturated carbocycles. The normalized spacial score (nSPS) is 13.2. The number of nitrogens with one attached hydrogen (secondary N) is 1. The molecule has 122 valence electrons. The van der Waals surface area contributed by atoms with Crippen molar-refractivity contribution in [1.82, 2.24) is 10.0 Å². The largest absolute Gasteiger partial charge is 0.380 e. The zero-order valence-electron chi connectivity index (χ0n) is 12.7. The molecule has 7 nitrogen and oxygen atoms in total. The minimum Gasteiger partial charge on any atom is -0.349 e. The van der Waals surface area contributed by atoms with Gasteiger partial charge in [-0.15, -0.1) is 0 Å². The Kier molecular flexibility index (Phi) is 3.21. The van der Waals surface area contributed by atoms with Gasteiger partial charge in [-0.25, -0.2) is 4.79 Å². The average Bonchev–Trinajstić information content (AvgIpc) is 2.87. The van der Waals surface area contributed by atoms with Crippen LogP contribution in [0.25, 0.3) is 10.9 Å². The Morgan fingerprint density at radius 2 is 1.48 bits per heavy atom. The topological polar surface area (TPSA) is 96.5 Å². The first-order valence-corrected chi connectivity index (χ1v) is 7.38.